The summed E-state index contributed by atoms with van der Waals surface area (Å²) in [5.74, 6) is 1.04. The first kappa shape index (κ1) is 13.6. The number of rotatable bonds is 4. The van der Waals surface area contributed by atoms with Crippen LogP contribution >= 0.6 is 0 Å². The molecule has 1 fully saturated rings. The van der Waals surface area contributed by atoms with E-state index in [2.05, 4.69) is 16.6 Å². The number of amides is 1. The zero-order valence-electron chi connectivity index (χ0n) is 12.2. The van der Waals surface area contributed by atoms with E-state index in [4.69, 9.17) is 4.74 Å². The van der Waals surface area contributed by atoms with Crippen molar-refractivity contribution < 1.29 is 9.53 Å². The third kappa shape index (κ3) is 3.05. The monoisotopic (exact) mass is 282 g/mol. The molecule has 2 aromatic carbocycles. The largest absolute Gasteiger partial charge is 0.497 e. The van der Waals surface area contributed by atoms with Crippen molar-refractivity contribution in [2.24, 2.45) is 11.0 Å². The molecule has 0 aromatic heterocycles. The Morgan fingerprint density at radius 2 is 1.90 bits per heavy atom. The molecule has 108 valence electrons. The van der Waals surface area contributed by atoms with Crippen LogP contribution in [0.15, 0.2) is 41.5 Å². The number of benzene rings is 2. The quantitative estimate of drug-likeness (QED) is 0.692. The molecule has 3 rings (SSSR count). The molecule has 0 spiro atoms. The third-order valence-electron chi connectivity index (χ3n) is 3.75. The standard InChI is InChI=1S/C17H18N2O2/c1-11(18-19-17(20)12-3-4-12)13-5-6-15-10-16(21-2)8-7-14(15)9-13/h5-10,12H,3-4H2,1-2H3,(H,19,20)/b18-11-. The molecule has 0 aliphatic heterocycles. The highest BCUT2D eigenvalue weighted by Crippen LogP contribution is 2.28. The molecule has 0 heterocycles. The molecule has 4 heteroatoms. The molecule has 2 aromatic rings. The van der Waals surface area contributed by atoms with Crippen molar-refractivity contribution >= 4 is 22.4 Å². The van der Waals surface area contributed by atoms with Gasteiger partial charge in [-0.3, -0.25) is 4.79 Å². The lowest BCUT2D eigenvalue weighted by Gasteiger charge is -2.06. The van der Waals surface area contributed by atoms with Crippen LogP contribution in [0.3, 0.4) is 0 Å². The fraction of sp³-hybridized carbons (Fsp3) is 0.294. The van der Waals surface area contributed by atoms with Crippen molar-refractivity contribution in [2.75, 3.05) is 7.11 Å². The molecule has 1 N–H and O–H groups in total. The van der Waals surface area contributed by atoms with Gasteiger partial charge in [0.15, 0.2) is 0 Å². The van der Waals surface area contributed by atoms with Gasteiger partial charge in [0.1, 0.15) is 5.75 Å². The number of hydrogen-bond donors (Lipinski definition) is 1. The van der Waals surface area contributed by atoms with Crippen LogP contribution in [0.5, 0.6) is 5.75 Å². The first-order valence-corrected chi connectivity index (χ1v) is 7.09. The number of hydrazone groups is 1. The zero-order valence-corrected chi connectivity index (χ0v) is 12.2. The number of methoxy groups -OCH3 is 1. The van der Waals surface area contributed by atoms with Crippen LogP contribution in [0.25, 0.3) is 10.8 Å². The number of nitrogens with one attached hydrogen (secondary N) is 1. The highest BCUT2D eigenvalue weighted by atomic mass is 16.5. The summed E-state index contributed by atoms with van der Waals surface area (Å²) in [5.41, 5.74) is 4.45. The number of carbonyl (C=O) groups is 1. The van der Waals surface area contributed by atoms with Crippen LogP contribution in [0.4, 0.5) is 0 Å². The van der Waals surface area contributed by atoms with Gasteiger partial charge >= 0.3 is 0 Å². The Labute approximate surface area is 123 Å². The normalized spacial score (nSPS) is 15.0. The van der Waals surface area contributed by atoms with Crippen molar-refractivity contribution in [3.8, 4) is 5.75 Å². The molecule has 0 saturated heterocycles. The topological polar surface area (TPSA) is 50.7 Å². The predicted octanol–water partition coefficient (Wildman–Crippen LogP) is 3.10. The van der Waals surface area contributed by atoms with Crippen LogP contribution in [-0.2, 0) is 4.79 Å². The zero-order chi connectivity index (χ0) is 14.8. The fourth-order valence-corrected chi connectivity index (χ4v) is 2.22. The Morgan fingerprint density at radius 1 is 1.19 bits per heavy atom. The minimum absolute atomic E-state index is 0.0277. The Balaban J connectivity index is 1.82. The highest BCUT2D eigenvalue weighted by Gasteiger charge is 2.29. The van der Waals surface area contributed by atoms with E-state index in [1.54, 1.807) is 7.11 Å². The lowest BCUT2D eigenvalue weighted by Crippen LogP contribution is -2.20. The van der Waals surface area contributed by atoms with Crippen molar-refractivity contribution in [1.29, 1.82) is 0 Å². The van der Waals surface area contributed by atoms with E-state index in [1.807, 2.05) is 37.3 Å². The van der Waals surface area contributed by atoms with E-state index in [0.29, 0.717) is 0 Å². The number of carbonyl (C=O) groups excluding carboxylic acids is 1. The van der Waals surface area contributed by atoms with E-state index in [9.17, 15) is 4.79 Å². The molecule has 1 saturated carbocycles. The summed E-state index contributed by atoms with van der Waals surface area (Å²) in [4.78, 5) is 11.6. The van der Waals surface area contributed by atoms with Crippen molar-refractivity contribution in [1.82, 2.24) is 5.43 Å². The molecule has 1 amide bonds. The first-order chi connectivity index (χ1) is 10.2. The molecule has 21 heavy (non-hydrogen) atoms. The summed E-state index contributed by atoms with van der Waals surface area (Å²) in [5, 5.41) is 6.43. The minimum Gasteiger partial charge on any atom is -0.497 e. The maximum absolute atomic E-state index is 11.6. The van der Waals surface area contributed by atoms with Crippen LogP contribution in [0.1, 0.15) is 25.3 Å². The van der Waals surface area contributed by atoms with Crippen molar-refractivity contribution in [3.63, 3.8) is 0 Å². The second-order valence-corrected chi connectivity index (χ2v) is 5.38. The lowest BCUT2D eigenvalue weighted by molar-refractivity contribution is -0.122. The Kier molecular flexibility index (Phi) is 3.60. The van der Waals surface area contributed by atoms with Gasteiger partial charge in [-0.2, -0.15) is 5.10 Å². The van der Waals surface area contributed by atoms with Gasteiger partial charge < -0.3 is 4.74 Å². The summed E-state index contributed by atoms with van der Waals surface area (Å²) in [6.45, 7) is 1.90. The van der Waals surface area contributed by atoms with Gasteiger partial charge in [0, 0.05) is 5.92 Å². The average Bonchev–Trinajstić information content (AvgIpc) is 3.36. The Morgan fingerprint density at radius 3 is 2.62 bits per heavy atom. The van der Waals surface area contributed by atoms with Gasteiger partial charge in [-0.25, -0.2) is 5.43 Å². The number of nitrogens with zero attached hydrogens (tertiary/aromatic N) is 1. The van der Waals surface area contributed by atoms with Gasteiger partial charge in [0.05, 0.1) is 12.8 Å². The van der Waals surface area contributed by atoms with Crippen molar-refractivity contribution in [2.45, 2.75) is 19.8 Å². The minimum atomic E-state index is 0.0277. The molecule has 0 atom stereocenters. The van der Waals surface area contributed by atoms with Crippen molar-refractivity contribution in [3.05, 3.63) is 42.0 Å². The maximum Gasteiger partial charge on any atom is 0.243 e. The average molecular weight is 282 g/mol. The predicted molar refractivity (Wildman–Crippen MR) is 83.6 cm³/mol. The van der Waals surface area contributed by atoms with Gasteiger partial charge in [-0.1, -0.05) is 18.2 Å². The molecule has 1 aliphatic rings. The van der Waals surface area contributed by atoms with E-state index in [-0.39, 0.29) is 11.8 Å². The lowest BCUT2D eigenvalue weighted by atomic mass is 10.0. The highest BCUT2D eigenvalue weighted by molar-refractivity contribution is 6.02. The number of hydrogen-bond acceptors (Lipinski definition) is 3. The Hall–Kier alpha value is -2.36. The summed E-state index contributed by atoms with van der Waals surface area (Å²) < 4.78 is 5.22. The van der Waals surface area contributed by atoms with Gasteiger partial charge in [0.2, 0.25) is 5.91 Å². The van der Waals surface area contributed by atoms with Gasteiger partial charge in [-0.15, -0.1) is 0 Å². The SMILES string of the molecule is COc1ccc2cc(/C(C)=N\NC(=O)C3CC3)ccc2c1. The maximum atomic E-state index is 11.6. The first-order valence-electron chi connectivity index (χ1n) is 7.09. The summed E-state index contributed by atoms with van der Waals surface area (Å²) >= 11 is 0. The summed E-state index contributed by atoms with van der Waals surface area (Å²) in [6.07, 6.45) is 1.97. The van der Waals surface area contributed by atoms with E-state index in [0.717, 1.165) is 40.6 Å². The molecular formula is C17H18N2O2. The molecule has 4 nitrogen and oxygen atoms in total. The fourth-order valence-electron chi connectivity index (χ4n) is 2.22. The Bertz CT molecular complexity index is 718. The van der Waals surface area contributed by atoms with E-state index < -0.39 is 0 Å². The van der Waals surface area contributed by atoms with E-state index in [1.165, 1.54) is 0 Å². The van der Waals surface area contributed by atoms with E-state index >= 15 is 0 Å². The van der Waals surface area contributed by atoms with Crippen LogP contribution in [0.2, 0.25) is 0 Å². The van der Waals surface area contributed by atoms with Gasteiger partial charge in [0.25, 0.3) is 0 Å². The molecule has 0 unspecified atom stereocenters. The second-order valence-electron chi connectivity index (χ2n) is 5.38. The summed E-state index contributed by atoms with van der Waals surface area (Å²) in [6, 6.07) is 12.1. The van der Waals surface area contributed by atoms with Crippen LogP contribution < -0.4 is 10.2 Å². The van der Waals surface area contributed by atoms with Crippen LogP contribution in [0, 0.1) is 5.92 Å². The third-order valence-corrected chi connectivity index (χ3v) is 3.75. The van der Waals surface area contributed by atoms with Gasteiger partial charge in [-0.05, 0) is 54.3 Å². The number of fused-ring (bicyclic) bond motifs is 1. The molecule has 1 aliphatic carbocycles. The summed E-state index contributed by atoms with van der Waals surface area (Å²) in [7, 11) is 1.66. The number of ether oxygens (including phenoxy) is 1. The molecule has 0 radical (unpaired) electrons. The molecular weight excluding hydrogens is 264 g/mol. The second kappa shape index (κ2) is 5.56. The molecule has 0 bridgehead atoms. The van der Waals surface area contributed by atoms with Crippen LogP contribution in [-0.4, -0.2) is 18.7 Å². The smallest absolute Gasteiger partial charge is 0.243 e.